The van der Waals surface area contributed by atoms with Crippen LogP contribution >= 0.6 is 0 Å². The fourth-order valence-corrected chi connectivity index (χ4v) is 2.77. The van der Waals surface area contributed by atoms with Gasteiger partial charge < -0.3 is 20.1 Å². The summed E-state index contributed by atoms with van der Waals surface area (Å²) in [7, 11) is 1.66. The molecule has 0 saturated carbocycles. The fourth-order valence-electron chi connectivity index (χ4n) is 2.77. The molecule has 2 aromatic carbocycles. The molecule has 1 heterocycles. The number of hydrogen-bond acceptors (Lipinski definition) is 4. The number of benzene rings is 2. The molecule has 5 heteroatoms. The largest absolute Gasteiger partial charge is 0.496 e. The van der Waals surface area contributed by atoms with E-state index in [9.17, 15) is 4.79 Å². The summed E-state index contributed by atoms with van der Waals surface area (Å²) in [6.45, 7) is 1.88. The molecule has 126 valence electrons. The third-order valence-electron chi connectivity index (χ3n) is 4.01. The summed E-state index contributed by atoms with van der Waals surface area (Å²) in [5.74, 6) is 0.686. The lowest BCUT2D eigenvalue weighted by molar-refractivity contribution is -0.128. The third kappa shape index (κ3) is 4.13. The first-order valence-corrected chi connectivity index (χ1v) is 8.10. The molecule has 0 bridgehead atoms. The number of carbonyl (C=O) groups excluding carboxylic acids is 1. The summed E-state index contributed by atoms with van der Waals surface area (Å²) in [6, 6.07) is 15.9. The predicted octanol–water partition coefficient (Wildman–Crippen LogP) is 2.21. The first kappa shape index (κ1) is 16.5. The predicted molar refractivity (Wildman–Crippen MR) is 93.5 cm³/mol. The van der Waals surface area contributed by atoms with E-state index in [0.717, 1.165) is 30.0 Å². The van der Waals surface area contributed by atoms with Crippen molar-refractivity contribution >= 4 is 11.6 Å². The molecule has 5 nitrogen and oxygen atoms in total. The Morgan fingerprint density at radius 1 is 1.29 bits per heavy atom. The molecule has 0 spiro atoms. The molecular formula is C19H22N2O3. The summed E-state index contributed by atoms with van der Waals surface area (Å²) < 4.78 is 10.9. The smallest absolute Gasteiger partial charge is 0.254 e. The molecule has 1 unspecified atom stereocenters. The van der Waals surface area contributed by atoms with Gasteiger partial charge in [-0.2, -0.15) is 0 Å². The van der Waals surface area contributed by atoms with Crippen LogP contribution in [0, 0.1) is 0 Å². The van der Waals surface area contributed by atoms with Crippen LogP contribution in [0.2, 0.25) is 0 Å². The molecule has 24 heavy (non-hydrogen) atoms. The Morgan fingerprint density at radius 2 is 2.12 bits per heavy atom. The molecule has 1 fully saturated rings. The van der Waals surface area contributed by atoms with E-state index in [-0.39, 0.29) is 5.91 Å². The topological polar surface area (TPSA) is 59.6 Å². The van der Waals surface area contributed by atoms with Gasteiger partial charge in [-0.25, -0.2) is 0 Å². The highest BCUT2D eigenvalue weighted by Crippen LogP contribution is 2.25. The molecule has 1 amide bonds. The molecule has 1 saturated heterocycles. The van der Waals surface area contributed by atoms with E-state index in [1.54, 1.807) is 7.11 Å². The van der Waals surface area contributed by atoms with Crippen LogP contribution in [0.5, 0.6) is 5.75 Å². The van der Waals surface area contributed by atoms with Gasteiger partial charge in [-0.1, -0.05) is 30.3 Å². The van der Waals surface area contributed by atoms with Gasteiger partial charge in [-0.05, 0) is 23.8 Å². The molecule has 2 N–H and O–H groups in total. The van der Waals surface area contributed by atoms with Crippen molar-refractivity contribution in [3.05, 3.63) is 59.7 Å². The average Bonchev–Trinajstić information content (AvgIpc) is 2.63. The van der Waals surface area contributed by atoms with Gasteiger partial charge in [-0.15, -0.1) is 0 Å². The molecule has 2 aromatic rings. The van der Waals surface area contributed by atoms with E-state index in [4.69, 9.17) is 9.47 Å². The highest BCUT2D eigenvalue weighted by Gasteiger charge is 2.22. The van der Waals surface area contributed by atoms with Crippen molar-refractivity contribution < 1.29 is 14.3 Å². The van der Waals surface area contributed by atoms with E-state index >= 15 is 0 Å². The monoisotopic (exact) mass is 326 g/mol. The van der Waals surface area contributed by atoms with Crippen LogP contribution in [-0.2, 0) is 16.0 Å². The number of carbonyl (C=O) groups is 1. The van der Waals surface area contributed by atoms with E-state index < -0.39 is 6.10 Å². The number of morpholine rings is 1. The number of ether oxygens (including phenoxy) is 2. The van der Waals surface area contributed by atoms with Gasteiger partial charge in [-0.3, -0.25) is 4.79 Å². The lowest BCUT2D eigenvalue weighted by Crippen LogP contribution is -2.45. The SMILES string of the molecule is COc1ccc(NC(=O)C2CNCCO2)cc1Cc1ccccc1. The molecule has 3 rings (SSSR count). The quantitative estimate of drug-likeness (QED) is 0.884. The number of amides is 1. The zero-order chi connectivity index (χ0) is 16.8. The maximum Gasteiger partial charge on any atom is 0.254 e. The minimum Gasteiger partial charge on any atom is -0.496 e. The second kappa shape index (κ2) is 7.95. The minimum absolute atomic E-state index is 0.127. The maximum atomic E-state index is 12.3. The normalized spacial score (nSPS) is 17.3. The Morgan fingerprint density at radius 3 is 2.83 bits per heavy atom. The van der Waals surface area contributed by atoms with Crippen molar-refractivity contribution in [1.82, 2.24) is 5.32 Å². The van der Waals surface area contributed by atoms with Crippen LogP contribution in [0.15, 0.2) is 48.5 Å². The van der Waals surface area contributed by atoms with Crippen LogP contribution < -0.4 is 15.4 Å². The molecule has 1 aliphatic rings. The van der Waals surface area contributed by atoms with Crippen molar-refractivity contribution in [2.75, 3.05) is 32.1 Å². The zero-order valence-corrected chi connectivity index (χ0v) is 13.7. The van der Waals surface area contributed by atoms with Gasteiger partial charge in [0.2, 0.25) is 0 Å². The maximum absolute atomic E-state index is 12.3. The number of methoxy groups -OCH3 is 1. The van der Waals surface area contributed by atoms with Crippen LogP contribution in [0.1, 0.15) is 11.1 Å². The lowest BCUT2D eigenvalue weighted by atomic mass is 10.0. The van der Waals surface area contributed by atoms with Gasteiger partial charge in [0.05, 0.1) is 13.7 Å². The third-order valence-corrected chi connectivity index (χ3v) is 4.01. The van der Waals surface area contributed by atoms with Gasteiger partial charge in [0.1, 0.15) is 11.9 Å². The van der Waals surface area contributed by atoms with Crippen molar-refractivity contribution in [2.45, 2.75) is 12.5 Å². The summed E-state index contributed by atoms with van der Waals surface area (Å²) >= 11 is 0. The Balaban J connectivity index is 1.74. The molecule has 1 aliphatic heterocycles. The number of nitrogens with one attached hydrogen (secondary N) is 2. The van der Waals surface area contributed by atoms with Crippen molar-refractivity contribution in [2.24, 2.45) is 0 Å². The number of hydrogen-bond donors (Lipinski definition) is 2. The van der Waals surface area contributed by atoms with E-state index in [2.05, 4.69) is 22.8 Å². The molecule has 0 aliphatic carbocycles. The van der Waals surface area contributed by atoms with Gasteiger partial charge in [0.15, 0.2) is 0 Å². The van der Waals surface area contributed by atoms with E-state index in [1.165, 1.54) is 5.56 Å². The number of rotatable bonds is 5. The number of anilines is 1. The molecule has 0 aromatic heterocycles. The van der Waals surface area contributed by atoms with Gasteiger partial charge in [0.25, 0.3) is 5.91 Å². The first-order chi connectivity index (χ1) is 11.8. The highest BCUT2D eigenvalue weighted by atomic mass is 16.5. The van der Waals surface area contributed by atoms with Crippen molar-refractivity contribution in [3.8, 4) is 5.75 Å². The van der Waals surface area contributed by atoms with E-state index in [1.807, 2.05) is 36.4 Å². The summed E-state index contributed by atoms with van der Waals surface area (Å²) in [6.07, 6.45) is 0.299. The summed E-state index contributed by atoms with van der Waals surface area (Å²) in [5, 5.41) is 6.09. The molecule has 0 radical (unpaired) electrons. The van der Waals surface area contributed by atoms with Crippen LogP contribution in [0.3, 0.4) is 0 Å². The van der Waals surface area contributed by atoms with Gasteiger partial charge >= 0.3 is 0 Å². The lowest BCUT2D eigenvalue weighted by Gasteiger charge is -2.23. The van der Waals surface area contributed by atoms with Crippen LogP contribution in [-0.4, -0.2) is 38.8 Å². The first-order valence-electron chi connectivity index (χ1n) is 8.10. The molecule has 1 atom stereocenters. The van der Waals surface area contributed by atoms with Crippen molar-refractivity contribution in [1.29, 1.82) is 0 Å². The molecular weight excluding hydrogens is 304 g/mol. The Bertz CT molecular complexity index is 682. The standard InChI is InChI=1S/C19H22N2O3/c1-23-17-8-7-16(21-19(22)18-13-20-9-10-24-18)12-15(17)11-14-5-3-2-4-6-14/h2-8,12,18,20H,9-11,13H2,1H3,(H,21,22). The van der Waals surface area contributed by atoms with Gasteiger partial charge in [0, 0.05) is 30.8 Å². The Hall–Kier alpha value is -2.37. The summed E-state index contributed by atoms with van der Waals surface area (Å²) in [5.41, 5.74) is 2.98. The van der Waals surface area contributed by atoms with Crippen molar-refractivity contribution in [3.63, 3.8) is 0 Å². The van der Waals surface area contributed by atoms with Crippen LogP contribution in [0.25, 0.3) is 0 Å². The zero-order valence-electron chi connectivity index (χ0n) is 13.7. The highest BCUT2D eigenvalue weighted by molar-refractivity contribution is 5.94. The average molecular weight is 326 g/mol. The van der Waals surface area contributed by atoms with Crippen LogP contribution in [0.4, 0.5) is 5.69 Å². The minimum atomic E-state index is -0.446. The fraction of sp³-hybridized carbons (Fsp3) is 0.316. The Kier molecular flexibility index (Phi) is 5.46. The second-order valence-electron chi connectivity index (χ2n) is 5.74. The Labute approximate surface area is 142 Å². The summed E-state index contributed by atoms with van der Waals surface area (Å²) in [4.78, 5) is 12.3. The van der Waals surface area contributed by atoms with E-state index in [0.29, 0.717) is 13.2 Å². The second-order valence-corrected chi connectivity index (χ2v) is 5.74.